The third-order valence-corrected chi connectivity index (χ3v) is 5.38. The number of fused-ring (bicyclic) bond motifs is 4. The van der Waals surface area contributed by atoms with Crippen LogP contribution in [0.2, 0.25) is 0 Å². The van der Waals surface area contributed by atoms with Gasteiger partial charge in [0.2, 0.25) is 0 Å². The Hall–Kier alpha value is -3.70. The summed E-state index contributed by atoms with van der Waals surface area (Å²) in [6.45, 7) is 2.83. The van der Waals surface area contributed by atoms with E-state index in [1.807, 2.05) is 24.3 Å². The van der Waals surface area contributed by atoms with Crippen molar-refractivity contribution >= 4 is 33.2 Å². The van der Waals surface area contributed by atoms with Gasteiger partial charge in [-0.3, -0.25) is 0 Å². The van der Waals surface area contributed by atoms with Crippen LogP contribution >= 0.6 is 0 Å². The van der Waals surface area contributed by atoms with Crippen LogP contribution in [-0.2, 0) is 6.54 Å². The van der Waals surface area contributed by atoms with Crippen molar-refractivity contribution in [3.05, 3.63) is 95.7 Å². The summed E-state index contributed by atoms with van der Waals surface area (Å²) < 4.78 is 6.28. The third-order valence-electron chi connectivity index (χ3n) is 5.38. The van der Waals surface area contributed by atoms with Crippen molar-refractivity contribution in [1.29, 1.82) is 0 Å². The summed E-state index contributed by atoms with van der Waals surface area (Å²) in [6, 6.07) is 23.0. The van der Waals surface area contributed by atoms with Gasteiger partial charge in [-0.15, -0.1) is 6.42 Å². The van der Waals surface area contributed by atoms with Gasteiger partial charge in [0.05, 0.1) is 5.69 Å². The zero-order valence-corrected chi connectivity index (χ0v) is 15.6. The molecule has 0 saturated heterocycles. The largest absolute Gasteiger partial charge is 0.454 e. The Kier molecular flexibility index (Phi) is 3.81. The lowest BCUT2D eigenvalue weighted by molar-refractivity contribution is 0.666. The first kappa shape index (κ1) is 16.5. The molecule has 0 atom stereocenters. The van der Waals surface area contributed by atoms with Crippen molar-refractivity contribution in [3.8, 4) is 12.3 Å². The number of nitrogens with zero attached hydrogens (tertiary/aromatic N) is 1. The molecule has 3 aromatic carbocycles. The molecule has 134 valence electrons. The normalized spacial score (nSPS) is 16.6. The monoisotopic (exact) mass is 361 g/mol. The van der Waals surface area contributed by atoms with Gasteiger partial charge in [-0.1, -0.05) is 66.6 Å². The van der Waals surface area contributed by atoms with E-state index in [9.17, 15) is 0 Å². The Morgan fingerprint density at radius 2 is 1.75 bits per heavy atom. The summed E-state index contributed by atoms with van der Waals surface area (Å²) in [5.41, 5.74) is 7.49. The van der Waals surface area contributed by atoms with Crippen LogP contribution in [0, 0.1) is 12.3 Å². The summed E-state index contributed by atoms with van der Waals surface area (Å²) in [4.78, 5) is 2.30. The standard InChI is InChI=1S/C26H19NO/c1-3-10-20-19-12-6-5-11-18(19)17-27(23(20)4-2)24-15-9-14-22-21-13-7-8-16-25(21)28-26(22)24/h1,4-16H,17H2,2H3. The average Bonchev–Trinajstić information content (AvgIpc) is 3.12. The van der Waals surface area contributed by atoms with Crippen molar-refractivity contribution in [3.63, 3.8) is 0 Å². The van der Waals surface area contributed by atoms with Crippen LogP contribution in [0.15, 0.2) is 89.0 Å². The topological polar surface area (TPSA) is 16.4 Å². The number of terminal acetylenes is 1. The molecule has 1 aromatic heterocycles. The fourth-order valence-corrected chi connectivity index (χ4v) is 4.17. The number of para-hydroxylation sites is 2. The van der Waals surface area contributed by atoms with Crippen LogP contribution < -0.4 is 4.90 Å². The highest BCUT2D eigenvalue weighted by molar-refractivity contribution is 6.09. The first-order valence-electron chi connectivity index (χ1n) is 9.41. The number of rotatable bonds is 1. The molecule has 0 bridgehead atoms. The molecule has 2 heterocycles. The Bertz CT molecular complexity index is 1310. The van der Waals surface area contributed by atoms with Crippen LogP contribution in [-0.4, -0.2) is 0 Å². The van der Waals surface area contributed by atoms with Crippen molar-refractivity contribution in [2.45, 2.75) is 13.5 Å². The van der Waals surface area contributed by atoms with Gasteiger partial charge in [0.15, 0.2) is 5.58 Å². The number of hydrogen-bond donors (Lipinski definition) is 0. The first-order chi connectivity index (χ1) is 13.8. The van der Waals surface area contributed by atoms with E-state index in [4.69, 9.17) is 10.8 Å². The average molecular weight is 361 g/mol. The number of anilines is 1. The molecule has 4 aromatic rings. The number of allylic oxidation sites excluding steroid dienone is 3. The van der Waals surface area contributed by atoms with Crippen LogP contribution in [0.3, 0.4) is 0 Å². The minimum atomic E-state index is 0.772. The predicted molar refractivity (Wildman–Crippen MR) is 117 cm³/mol. The number of benzene rings is 3. The highest BCUT2D eigenvalue weighted by Gasteiger charge is 2.27. The molecule has 0 N–H and O–H groups in total. The summed E-state index contributed by atoms with van der Waals surface area (Å²) in [5, 5.41) is 2.27. The fraction of sp³-hybridized carbons (Fsp3) is 0.0769. The molecular weight excluding hydrogens is 342 g/mol. The van der Waals surface area contributed by atoms with E-state index in [1.54, 1.807) is 0 Å². The summed E-state index contributed by atoms with van der Waals surface area (Å²) in [5.74, 6) is 2.72. The van der Waals surface area contributed by atoms with Gasteiger partial charge in [-0.2, -0.15) is 0 Å². The van der Waals surface area contributed by atoms with Gasteiger partial charge in [0, 0.05) is 28.6 Å². The van der Waals surface area contributed by atoms with Gasteiger partial charge in [-0.05, 0) is 36.3 Å². The van der Waals surface area contributed by atoms with E-state index in [2.05, 4.69) is 72.4 Å². The highest BCUT2D eigenvalue weighted by Crippen LogP contribution is 2.42. The van der Waals surface area contributed by atoms with Crippen molar-refractivity contribution in [1.82, 2.24) is 0 Å². The molecule has 28 heavy (non-hydrogen) atoms. The van der Waals surface area contributed by atoms with E-state index < -0.39 is 0 Å². The van der Waals surface area contributed by atoms with Crippen molar-refractivity contribution in [2.24, 2.45) is 0 Å². The fourth-order valence-electron chi connectivity index (χ4n) is 4.17. The zero-order valence-electron chi connectivity index (χ0n) is 15.6. The van der Waals surface area contributed by atoms with Gasteiger partial charge in [-0.25, -0.2) is 0 Å². The second-order valence-corrected chi connectivity index (χ2v) is 6.89. The number of furan rings is 1. The lowest BCUT2D eigenvalue weighted by Crippen LogP contribution is -2.27. The first-order valence-corrected chi connectivity index (χ1v) is 9.41. The molecule has 1 aliphatic heterocycles. The van der Waals surface area contributed by atoms with Crippen LogP contribution in [0.5, 0.6) is 0 Å². The zero-order chi connectivity index (χ0) is 19.1. The minimum Gasteiger partial charge on any atom is -0.454 e. The lowest BCUT2D eigenvalue weighted by atomic mass is 9.91. The van der Waals surface area contributed by atoms with Crippen LogP contribution in [0.25, 0.3) is 27.5 Å². The molecule has 0 spiro atoms. The Labute approximate surface area is 164 Å². The number of hydrogen-bond acceptors (Lipinski definition) is 2. The lowest BCUT2D eigenvalue weighted by Gasteiger charge is -2.35. The Morgan fingerprint density at radius 3 is 2.61 bits per heavy atom. The smallest absolute Gasteiger partial charge is 0.159 e. The van der Waals surface area contributed by atoms with Crippen molar-refractivity contribution in [2.75, 3.05) is 4.90 Å². The van der Waals surface area contributed by atoms with Crippen molar-refractivity contribution < 1.29 is 4.42 Å². The second kappa shape index (κ2) is 6.48. The van der Waals surface area contributed by atoms with Gasteiger partial charge >= 0.3 is 0 Å². The predicted octanol–water partition coefficient (Wildman–Crippen LogP) is 6.53. The molecule has 2 nitrogen and oxygen atoms in total. The van der Waals surface area contributed by atoms with Gasteiger partial charge < -0.3 is 9.32 Å². The van der Waals surface area contributed by atoms with E-state index in [0.717, 1.165) is 45.4 Å². The molecule has 0 aliphatic carbocycles. The quantitative estimate of drug-likeness (QED) is 0.359. The minimum absolute atomic E-state index is 0.772. The molecule has 0 saturated carbocycles. The van der Waals surface area contributed by atoms with E-state index in [-0.39, 0.29) is 0 Å². The maximum atomic E-state index is 6.28. The van der Waals surface area contributed by atoms with E-state index in [0.29, 0.717) is 0 Å². The van der Waals surface area contributed by atoms with E-state index in [1.165, 1.54) is 11.1 Å². The van der Waals surface area contributed by atoms with Crippen LogP contribution in [0.1, 0.15) is 18.1 Å². The van der Waals surface area contributed by atoms with Gasteiger partial charge in [0.1, 0.15) is 5.58 Å². The van der Waals surface area contributed by atoms with E-state index >= 15 is 0 Å². The molecule has 5 rings (SSSR count). The Balaban J connectivity index is 1.78. The maximum Gasteiger partial charge on any atom is 0.159 e. The highest BCUT2D eigenvalue weighted by atomic mass is 16.3. The molecule has 0 amide bonds. The summed E-state index contributed by atoms with van der Waals surface area (Å²) in [6.07, 6.45) is 9.65. The molecule has 0 fully saturated rings. The molecule has 2 heteroatoms. The molecule has 0 unspecified atom stereocenters. The molecule has 1 aliphatic rings. The Morgan fingerprint density at radius 1 is 0.964 bits per heavy atom. The maximum absolute atomic E-state index is 6.28. The second-order valence-electron chi connectivity index (χ2n) is 6.89. The summed E-state index contributed by atoms with van der Waals surface area (Å²) >= 11 is 0. The van der Waals surface area contributed by atoms with Gasteiger partial charge in [0.25, 0.3) is 0 Å². The third kappa shape index (κ3) is 2.37. The van der Waals surface area contributed by atoms with Crippen LogP contribution in [0.4, 0.5) is 5.69 Å². The molecule has 0 radical (unpaired) electrons. The summed E-state index contributed by atoms with van der Waals surface area (Å²) in [7, 11) is 0. The SMILES string of the molecule is C#CC=C1C(=CC)N(c2cccc3c2oc2ccccc23)Cc2ccccc21. The molecular formula is C26H19NO.